The lowest BCUT2D eigenvalue weighted by atomic mass is 10.1. The van der Waals surface area contributed by atoms with Crippen LogP contribution in [0.3, 0.4) is 0 Å². The zero-order valence-corrected chi connectivity index (χ0v) is 15.9. The summed E-state index contributed by atoms with van der Waals surface area (Å²) in [6.45, 7) is 0. The molecule has 26 heavy (non-hydrogen) atoms. The Morgan fingerprint density at radius 2 is 1.12 bits per heavy atom. The highest BCUT2D eigenvalue weighted by Gasteiger charge is 2.21. The molecule has 0 atom stereocenters. The van der Waals surface area contributed by atoms with Gasteiger partial charge in [-0.1, -0.05) is 46.4 Å². The third-order valence-corrected chi connectivity index (χ3v) is 5.60. The van der Waals surface area contributed by atoms with Gasteiger partial charge in [0.05, 0.1) is 31.3 Å². The number of benzene rings is 1. The van der Waals surface area contributed by atoms with Crippen LogP contribution >= 0.6 is 46.4 Å². The molecular weight excluding hydrogens is 414 g/mol. The second-order valence-electron chi connectivity index (χ2n) is 5.35. The molecule has 128 valence electrons. The van der Waals surface area contributed by atoms with Gasteiger partial charge < -0.3 is 0 Å². The van der Waals surface area contributed by atoms with Crippen LogP contribution in [0.25, 0.3) is 33.5 Å². The van der Waals surface area contributed by atoms with E-state index in [-0.39, 0.29) is 20.1 Å². The molecule has 0 spiro atoms. The molecular formula is C18H8Cl4N4. The van der Waals surface area contributed by atoms with Gasteiger partial charge in [0, 0.05) is 41.3 Å². The number of pyridine rings is 2. The molecule has 0 saturated heterocycles. The Kier molecular flexibility index (Phi) is 4.67. The first-order valence-corrected chi connectivity index (χ1v) is 8.93. The van der Waals surface area contributed by atoms with Gasteiger partial charge in [-0.25, -0.2) is 9.97 Å². The van der Waals surface area contributed by atoms with Gasteiger partial charge in [0.25, 0.3) is 0 Å². The van der Waals surface area contributed by atoms with Crippen molar-refractivity contribution >= 4 is 57.3 Å². The minimum atomic E-state index is 0.158. The summed E-state index contributed by atoms with van der Waals surface area (Å²) in [7, 11) is 0. The fraction of sp³-hybridized carbons (Fsp3) is 0. The van der Waals surface area contributed by atoms with E-state index in [1.807, 2.05) is 24.3 Å². The second kappa shape index (κ2) is 6.97. The molecule has 1 aromatic carbocycles. The van der Waals surface area contributed by atoms with E-state index in [0.717, 1.165) is 11.1 Å². The van der Waals surface area contributed by atoms with Crippen molar-refractivity contribution in [2.45, 2.75) is 0 Å². The van der Waals surface area contributed by atoms with E-state index in [0.29, 0.717) is 22.4 Å². The van der Waals surface area contributed by atoms with E-state index in [9.17, 15) is 0 Å². The minimum absolute atomic E-state index is 0.158. The van der Waals surface area contributed by atoms with Crippen molar-refractivity contribution in [1.82, 2.24) is 19.9 Å². The minimum Gasteiger partial charge on any atom is -0.265 e. The third-order valence-electron chi connectivity index (χ3n) is 3.81. The van der Waals surface area contributed by atoms with Crippen molar-refractivity contribution in [3.63, 3.8) is 0 Å². The van der Waals surface area contributed by atoms with Crippen LogP contribution in [0.2, 0.25) is 20.1 Å². The van der Waals surface area contributed by atoms with Gasteiger partial charge in [0.1, 0.15) is 0 Å². The molecule has 4 rings (SSSR count). The van der Waals surface area contributed by atoms with Crippen molar-refractivity contribution in [2.24, 2.45) is 0 Å². The highest BCUT2D eigenvalue weighted by atomic mass is 35.5. The highest BCUT2D eigenvalue weighted by Crippen LogP contribution is 2.45. The molecule has 3 aromatic heterocycles. The van der Waals surface area contributed by atoms with E-state index < -0.39 is 0 Å². The maximum Gasteiger partial charge on any atom is 0.160 e. The standard InChI is InChI=1S/C18H8Cl4N4/c19-12-11-16(9-1-5-23-6-2-9)25-18(10-3-7-24-8-4-10)26-17(11)15(22)14(21)13(12)20/h1-8H. The largest absolute Gasteiger partial charge is 0.265 e. The average Bonchev–Trinajstić information content (AvgIpc) is 2.71. The fourth-order valence-corrected chi connectivity index (χ4v) is 3.56. The zero-order valence-electron chi connectivity index (χ0n) is 12.9. The van der Waals surface area contributed by atoms with Crippen LogP contribution in [0.1, 0.15) is 0 Å². The summed E-state index contributed by atoms with van der Waals surface area (Å²) in [5, 5.41) is 1.34. The Bertz CT molecular complexity index is 1120. The summed E-state index contributed by atoms with van der Waals surface area (Å²) < 4.78 is 0. The number of nitrogens with zero attached hydrogens (tertiary/aromatic N) is 4. The molecule has 8 heteroatoms. The van der Waals surface area contributed by atoms with E-state index in [1.165, 1.54) is 0 Å². The zero-order chi connectivity index (χ0) is 18.3. The van der Waals surface area contributed by atoms with Crippen LogP contribution in [-0.2, 0) is 0 Å². The first-order valence-electron chi connectivity index (χ1n) is 7.42. The maximum atomic E-state index is 6.48. The number of fused-ring (bicyclic) bond motifs is 1. The van der Waals surface area contributed by atoms with E-state index in [1.54, 1.807) is 24.8 Å². The summed E-state index contributed by atoms with van der Waals surface area (Å²) in [5.41, 5.74) is 2.61. The Hall–Kier alpha value is -1.98. The smallest absolute Gasteiger partial charge is 0.160 e. The number of hydrogen-bond acceptors (Lipinski definition) is 4. The third kappa shape index (κ3) is 2.89. The Morgan fingerprint density at radius 3 is 1.73 bits per heavy atom. The quantitative estimate of drug-likeness (QED) is 0.278. The lowest BCUT2D eigenvalue weighted by molar-refractivity contribution is 1.21. The first kappa shape index (κ1) is 17.4. The van der Waals surface area contributed by atoms with Crippen molar-refractivity contribution in [3.8, 4) is 22.6 Å². The van der Waals surface area contributed by atoms with Crippen molar-refractivity contribution in [2.75, 3.05) is 0 Å². The first-order chi connectivity index (χ1) is 12.6. The maximum absolute atomic E-state index is 6.48. The van der Waals surface area contributed by atoms with Crippen molar-refractivity contribution in [1.29, 1.82) is 0 Å². The molecule has 0 fully saturated rings. The molecule has 0 bridgehead atoms. The second-order valence-corrected chi connectivity index (χ2v) is 6.86. The van der Waals surface area contributed by atoms with Gasteiger partial charge in [0.2, 0.25) is 0 Å². The molecule has 4 aromatic rings. The van der Waals surface area contributed by atoms with Crippen LogP contribution in [0.4, 0.5) is 0 Å². The molecule has 0 N–H and O–H groups in total. The number of hydrogen-bond donors (Lipinski definition) is 0. The lowest BCUT2D eigenvalue weighted by Crippen LogP contribution is -1.97. The molecule has 0 aliphatic carbocycles. The van der Waals surface area contributed by atoms with Gasteiger partial charge in [0.15, 0.2) is 5.82 Å². The summed E-state index contributed by atoms with van der Waals surface area (Å²) >= 11 is 25.4. The van der Waals surface area contributed by atoms with E-state index >= 15 is 0 Å². The van der Waals surface area contributed by atoms with E-state index in [4.69, 9.17) is 51.4 Å². The van der Waals surface area contributed by atoms with Crippen LogP contribution in [0.15, 0.2) is 49.1 Å². The Balaban J connectivity index is 2.16. The summed E-state index contributed by atoms with van der Waals surface area (Å²) in [6.07, 6.45) is 6.67. The van der Waals surface area contributed by atoms with Crippen LogP contribution in [0.5, 0.6) is 0 Å². The van der Waals surface area contributed by atoms with Gasteiger partial charge in [-0.2, -0.15) is 0 Å². The summed E-state index contributed by atoms with van der Waals surface area (Å²) in [5.74, 6) is 0.475. The average molecular weight is 422 g/mol. The molecule has 0 amide bonds. The predicted octanol–water partition coefficient (Wildman–Crippen LogP) is 6.37. The van der Waals surface area contributed by atoms with Crippen LogP contribution in [0, 0.1) is 0 Å². The fourth-order valence-electron chi connectivity index (χ4n) is 2.58. The van der Waals surface area contributed by atoms with Gasteiger partial charge in [-0.05, 0) is 24.3 Å². The molecule has 4 nitrogen and oxygen atoms in total. The topological polar surface area (TPSA) is 51.6 Å². The summed E-state index contributed by atoms with van der Waals surface area (Å²) in [6, 6.07) is 7.27. The van der Waals surface area contributed by atoms with Crippen LogP contribution in [-0.4, -0.2) is 19.9 Å². The monoisotopic (exact) mass is 420 g/mol. The normalized spacial score (nSPS) is 11.1. The Morgan fingerprint density at radius 1 is 0.577 bits per heavy atom. The molecule has 3 heterocycles. The predicted molar refractivity (Wildman–Crippen MR) is 106 cm³/mol. The van der Waals surface area contributed by atoms with Gasteiger partial charge >= 0.3 is 0 Å². The van der Waals surface area contributed by atoms with Gasteiger partial charge in [-0.3, -0.25) is 9.97 Å². The number of rotatable bonds is 2. The van der Waals surface area contributed by atoms with Crippen molar-refractivity contribution < 1.29 is 0 Å². The molecule has 0 aliphatic heterocycles. The number of halogens is 4. The van der Waals surface area contributed by atoms with E-state index in [2.05, 4.69) is 15.0 Å². The van der Waals surface area contributed by atoms with Crippen LogP contribution < -0.4 is 0 Å². The molecule has 0 saturated carbocycles. The van der Waals surface area contributed by atoms with Crippen molar-refractivity contribution in [3.05, 3.63) is 69.1 Å². The lowest BCUT2D eigenvalue weighted by Gasteiger charge is -2.13. The summed E-state index contributed by atoms with van der Waals surface area (Å²) in [4.78, 5) is 17.3. The molecule has 0 unspecified atom stereocenters. The number of aromatic nitrogens is 4. The Labute approximate surface area is 168 Å². The molecule has 0 radical (unpaired) electrons. The molecule has 0 aliphatic rings. The van der Waals surface area contributed by atoms with Gasteiger partial charge in [-0.15, -0.1) is 0 Å². The highest BCUT2D eigenvalue weighted by molar-refractivity contribution is 6.55. The SMILES string of the molecule is Clc1c(Cl)c(Cl)c2c(-c3ccncc3)nc(-c3ccncc3)nc2c1Cl.